The van der Waals surface area contributed by atoms with Gasteiger partial charge in [-0.25, -0.2) is 8.78 Å². The zero-order chi connectivity index (χ0) is 11.0. The molecule has 2 rings (SSSR count). The minimum absolute atomic E-state index is 0.137. The van der Waals surface area contributed by atoms with E-state index < -0.39 is 11.6 Å². The van der Waals surface area contributed by atoms with Gasteiger partial charge in [0, 0.05) is 6.07 Å². The minimum Gasteiger partial charge on any atom is -0.366 e. The van der Waals surface area contributed by atoms with Crippen LogP contribution in [-0.2, 0) is 0 Å². The van der Waals surface area contributed by atoms with Gasteiger partial charge < -0.3 is 5.73 Å². The highest BCUT2D eigenvalue weighted by Crippen LogP contribution is 2.25. The number of halogens is 3. The monoisotopic (exact) mass is 231 g/mol. The Morgan fingerprint density at radius 3 is 2.60 bits per heavy atom. The number of tetrazole rings is 1. The molecule has 0 aliphatic rings. The van der Waals surface area contributed by atoms with Crippen molar-refractivity contribution in [2.45, 2.75) is 0 Å². The van der Waals surface area contributed by atoms with E-state index in [1.165, 1.54) is 0 Å². The quantitative estimate of drug-likeness (QED) is 0.800. The van der Waals surface area contributed by atoms with Crippen molar-refractivity contribution in [2.24, 2.45) is 0 Å². The molecule has 0 bridgehead atoms. The maximum absolute atomic E-state index is 13.4. The molecule has 0 amide bonds. The Morgan fingerprint density at radius 1 is 1.33 bits per heavy atom. The molecule has 15 heavy (non-hydrogen) atoms. The molecule has 0 unspecified atom stereocenters. The number of aromatic nitrogens is 4. The molecule has 2 aromatic rings. The van der Waals surface area contributed by atoms with Gasteiger partial charge in [0.05, 0.1) is 5.02 Å². The first-order valence-electron chi connectivity index (χ1n) is 3.78. The minimum atomic E-state index is -0.890. The molecule has 2 N–H and O–H groups in total. The molecule has 1 heterocycles. The van der Waals surface area contributed by atoms with E-state index in [4.69, 9.17) is 17.3 Å². The van der Waals surface area contributed by atoms with Gasteiger partial charge >= 0.3 is 0 Å². The highest BCUT2D eigenvalue weighted by molar-refractivity contribution is 6.32. The molecule has 0 aliphatic carbocycles. The molecule has 0 fully saturated rings. The molecule has 1 aromatic heterocycles. The van der Waals surface area contributed by atoms with Crippen molar-refractivity contribution in [1.82, 2.24) is 20.2 Å². The summed E-state index contributed by atoms with van der Waals surface area (Å²) in [6.45, 7) is 0. The van der Waals surface area contributed by atoms with E-state index in [0.29, 0.717) is 6.07 Å². The molecular weight excluding hydrogens is 228 g/mol. The number of rotatable bonds is 1. The molecule has 78 valence electrons. The highest BCUT2D eigenvalue weighted by atomic mass is 35.5. The number of nitrogens with zero attached hydrogens (tertiary/aromatic N) is 4. The van der Waals surface area contributed by atoms with Crippen LogP contribution in [0.3, 0.4) is 0 Å². The highest BCUT2D eigenvalue weighted by Gasteiger charge is 2.15. The largest absolute Gasteiger partial charge is 0.366 e. The maximum atomic E-state index is 13.4. The van der Waals surface area contributed by atoms with Gasteiger partial charge in [0.2, 0.25) is 5.95 Å². The Balaban J connectivity index is 2.68. The molecule has 0 saturated carbocycles. The van der Waals surface area contributed by atoms with Crippen LogP contribution in [0.4, 0.5) is 14.7 Å². The molecular formula is C7H4ClF2N5. The lowest BCUT2D eigenvalue weighted by Crippen LogP contribution is -2.06. The van der Waals surface area contributed by atoms with E-state index in [1.54, 1.807) is 0 Å². The zero-order valence-corrected chi connectivity index (χ0v) is 7.91. The van der Waals surface area contributed by atoms with Crippen LogP contribution in [0.25, 0.3) is 5.69 Å². The lowest BCUT2D eigenvalue weighted by atomic mass is 10.3. The van der Waals surface area contributed by atoms with Crippen LogP contribution in [0.5, 0.6) is 0 Å². The number of anilines is 1. The third-order valence-electron chi connectivity index (χ3n) is 1.69. The maximum Gasteiger partial charge on any atom is 0.245 e. The molecule has 0 aliphatic heterocycles. The summed E-state index contributed by atoms with van der Waals surface area (Å²) in [6.07, 6.45) is 0. The number of benzene rings is 1. The molecule has 1 aromatic carbocycles. The van der Waals surface area contributed by atoms with E-state index in [0.717, 1.165) is 10.7 Å². The van der Waals surface area contributed by atoms with Crippen LogP contribution in [0, 0.1) is 11.6 Å². The molecule has 0 radical (unpaired) electrons. The van der Waals surface area contributed by atoms with Crippen molar-refractivity contribution < 1.29 is 8.78 Å². The summed E-state index contributed by atoms with van der Waals surface area (Å²) in [5, 5.41) is 9.84. The first-order valence-corrected chi connectivity index (χ1v) is 4.16. The van der Waals surface area contributed by atoms with Crippen molar-refractivity contribution in [3.63, 3.8) is 0 Å². The summed E-state index contributed by atoms with van der Waals surface area (Å²) in [4.78, 5) is 0. The number of nitrogen functional groups attached to an aromatic ring is 1. The van der Waals surface area contributed by atoms with Crippen molar-refractivity contribution >= 4 is 17.5 Å². The standard InChI is InChI=1S/C7H4ClF2N5/c8-4-1-3(9)2-5(10)6(4)15-7(11)12-13-14-15/h1-2H,(H2,11,12,14). The van der Waals surface area contributed by atoms with Crippen molar-refractivity contribution in [3.8, 4) is 5.69 Å². The van der Waals surface area contributed by atoms with Crippen LogP contribution < -0.4 is 5.73 Å². The average Bonchev–Trinajstić information content (AvgIpc) is 2.50. The Morgan fingerprint density at radius 2 is 2.07 bits per heavy atom. The van der Waals surface area contributed by atoms with E-state index >= 15 is 0 Å². The Kier molecular flexibility index (Phi) is 2.24. The van der Waals surface area contributed by atoms with Crippen LogP contribution in [0.1, 0.15) is 0 Å². The predicted octanol–water partition coefficient (Wildman–Crippen LogP) is 1.18. The summed E-state index contributed by atoms with van der Waals surface area (Å²) in [7, 11) is 0. The Labute approximate surface area is 87.4 Å². The summed E-state index contributed by atoms with van der Waals surface area (Å²) in [6, 6.07) is 1.61. The fourth-order valence-electron chi connectivity index (χ4n) is 1.09. The normalized spacial score (nSPS) is 10.6. The van der Waals surface area contributed by atoms with Gasteiger partial charge in [-0.15, -0.1) is 0 Å². The van der Waals surface area contributed by atoms with Crippen molar-refractivity contribution in [2.75, 3.05) is 5.73 Å². The summed E-state index contributed by atoms with van der Waals surface area (Å²) in [5.41, 5.74) is 5.18. The second-order valence-corrected chi connectivity index (χ2v) is 3.07. The van der Waals surface area contributed by atoms with Gasteiger partial charge in [0.1, 0.15) is 11.5 Å². The zero-order valence-electron chi connectivity index (χ0n) is 7.15. The fourth-order valence-corrected chi connectivity index (χ4v) is 1.36. The molecule has 8 heteroatoms. The van der Waals surface area contributed by atoms with Crippen LogP contribution >= 0.6 is 11.6 Å². The smallest absolute Gasteiger partial charge is 0.245 e. The first-order chi connectivity index (χ1) is 7.09. The van der Waals surface area contributed by atoms with Crippen LogP contribution in [0.15, 0.2) is 12.1 Å². The van der Waals surface area contributed by atoms with E-state index in [-0.39, 0.29) is 16.7 Å². The fraction of sp³-hybridized carbons (Fsp3) is 0. The molecule has 5 nitrogen and oxygen atoms in total. The Hall–Kier alpha value is -1.76. The molecule has 0 saturated heterocycles. The Bertz CT molecular complexity index is 489. The van der Waals surface area contributed by atoms with E-state index in [9.17, 15) is 8.78 Å². The summed E-state index contributed by atoms with van der Waals surface area (Å²) < 4.78 is 27.0. The lowest BCUT2D eigenvalue weighted by Gasteiger charge is -2.05. The van der Waals surface area contributed by atoms with Crippen molar-refractivity contribution in [1.29, 1.82) is 0 Å². The van der Waals surface area contributed by atoms with Gasteiger partial charge in [-0.2, -0.15) is 4.68 Å². The van der Waals surface area contributed by atoms with Gasteiger partial charge in [-0.3, -0.25) is 0 Å². The topological polar surface area (TPSA) is 69.6 Å². The van der Waals surface area contributed by atoms with Crippen LogP contribution in [0.2, 0.25) is 5.02 Å². The molecule has 0 spiro atoms. The number of hydrogen-bond donors (Lipinski definition) is 1. The van der Waals surface area contributed by atoms with Gasteiger partial charge in [-0.1, -0.05) is 16.7 Å². The van der Waals surface area contributed by atoms with E-state index in [2.05, 4.69) is 15.5 Å². The van der Waals surface area contributed by atoms with E-state index in [1.807, 2.05) is 0 Å². The predicted molar refractivity (Wildman–Crippen MR) is 48.5 cm³/mol. The molecule has 0 atom stereocenters. The number of hydrogen-bond acceptors (Lipinski definition) is 4. The first kappa shape index (κ1) is 9.78. The second kappa shape index (κ2) is 3.43. The van der Waals surface area contributed by atoms with Gasteiger partial charge in [0.15, 0.2) is 5.82 Å². The third kappa shape index (κ3) is 1.61. The SMILES string of the molecule is Nc1nnnn1-c1c(F)cc(F)cc1Cl. The summed E-state index contributed by atoms with van der Waals surface area (Å²) in [5.74, 6) is -1.81. The summed E-state index contributed by atoms with van der Waals surface area (Å²) >= 11 is 5.65. The van der Waals surface area contributed by atoms with Crippen molar-refractivity contribution in [3.05, 3.63) is 28.8 Å². The van der Waals surface area contributed by atoms with Gasteiger partial charge in [0.25, 0.3) is 0 Å². The lowest BCUT2D eigenvalue weighted by molar-refractivity contribution is 0.572. The average molecular weight is 232 g/mol. The third-order valence-corrected chi connectivity index (χ3v) is 1.98. The second-order valence-electron chi connectivity index (χ2n) is 2.67. The van der Waals surface area contributed by atoms with Gasteiger partial charge in [-0.05, 0) is 16.5 Å². The van der Waals surface area contributed by atoms with Crippen LogP contribution in [-0.4, -0.2) is 20.2 Å². The number of nitrogens with two attached hydrogens (primary N) is 1.